The topological polar surface area (TPSA) is 69.0 Å². The van der Waals surface area contributed by atoms with Crippen LogP contribution in [0.5, 0.6) is 0 Å². The van der Waals surface area contributed by atoms with Crippen molar-refractivity contribution in [3.05, 3.63) is 12.7 Å². The van der Waals surface area contributed by atoms with Gasteiger partial charge in [0.1, 0.15) is 18.2 Å². The van der Waals surface area contributed by atoms with Crippen LogP contribution < -0.4 is 5.32 Å². The van der Waals surface area contributed by atoms with Gasteiger partial charge in [0.15, 0.2) is 0 Å². The highest BCUT2D eigenvalue weighted by atomic mass is 16.5. The third-order valence-corrected chi connectivity index (χ3v) is 4.23. The van der Waals surface area contributed by atoms with E-state index in [0.29, 0.717) is 5.92 Å². The second-order valence-electron chi connectivity index (χ2n) is 5.43. The van der Waals surface area contributed by atoms with E-state index in [0.717, 1.165) is 45.2 Å². The van der Waals surface area contributed by atoms with E-state index in [4.69, 9.17) is 4.74 Å². The van der Waals surface area contributed by atoms with Crippen molar-refractivity contribution in [2.24, 2.45) is 5.92 Å². The van der Waals surface area contributed by atoms with Gasteiger partial charge in [0, 0.05) is 6.54 Å². The van der Waals surface area contributed by atoms with E-state index >= 15 is 0 Å². The fourth-order valence-corrected chi connectivity index (χ4v) is 3.21. The lowest BCUT2D eigenvalue weighted by molar-refractivity contribution is -0.150. The molecule has 1 N–H and O–H groups in total. The van der Waals surface area contributed by atoms with Crippen LogP contribution in [-0.2, 0) is 16.1 Å². The predicted molar refractivity (Wildman–Crippen MR) is 75.0 cm³/mol. The van der Waals surface area contributed by atoms with Crippen LogP contribution in [0.15, 0.2) is 12.7 Å². The Balaban J connectivity index is 2.05. The van der Waals surface area contributed by atoms with Gasteiger partial charge in [0.05, 0.1) is 7.11 Å². The molecule has 1 aliphatic rings. The van der Waals surface area contributed by atoms with Crippen LogP contribution in [0.1, 0.15) is 39.0 Å². The van der Waals surface area contributed by atoms with Gasteiger partial charge in [-0.15, -0.1) is 0 Å². The summed E-state index contributed by atoms with van der Waals surface area (Å²) >= 11 is 0. The van der Waals surface area contributed by atoms with Crippen LogP contribution >= 0.6 is 0 Å². The van der Waals surface area contributed by atoms with Gasteiger partial charge in [-0.25, -0.2) is 4.98 Å². The number of aromatic nitrogens is 3. The summed E-state index contributed by atoms with van der Waals surface area (Å²) in [5, 5.41) is 7.58. The molecule has 112 valence electrons. The first kappa shape index (κ1) is 15.0. The van der Waals surface area contributed by atoms with Gasteiger partial charge in [-0.3, -0.25) is 9.48 Å². The molecule has 0 saturated heterocycles. The first-order valence-corrected chi connectivity index (χ1v) is 7.38. The Morgan fingerprint density at radius 1 is 1.60 bits per heavy atom. The Labute approximate surface area is 119 Å². The molecule has 1 aromatic rings. The number of carbonyl (C=O) groups is 1. The van der Waals surface area contributed by atoms with E-state index in [-0.39, 0.29) is 5.97 Å². The number of hydrogen-bond donors (Lipinski definition) is 1. The van der Waals surface area contributed by atoms with Gasteiger partial charge in [0.25, 0.3) is 0 Å². The smallest absolute Gasteiger partial charge is 0.326 e. The molecule has 0 radical (unpaired) electrons. The average Bonchev–Trinajstić information content (AvgIpc) is 3.12. The number of nitrogens with one attached hydrogen (secondary N) is 1. The summed E-state index contributed by atoms with van der Waals surface area (Å²) in [4.78, 5) is 16.2. The number of carbonyl (C=O) groups excluding carboxylic acids is 1. The highest BCUT2D eigenvalue weighted by molar-refractivity contribution is 5.81. The van der Waals surface area contributed by atoms with E-state index in [1.807, 2.05) is 4.68 Å². The van der Waals surface area contributed by atoms with Gasteiger partial charge >= 0.3 is 5.97 Å². The van der Waals surface area contributed by atoms with Crippen molar-refractivity contribution in [3.63, 3.8) is 0 Å². The highest BCUT2D eigenvalue weighted by Crippen LogP contribution is 2.39. The minimum Gasteiger partial charge on any atom is -0.468 e. The summed E-state index contributed by atoms with van der Waals surface area (Å²) in [5.74, 6) is 0.178. The lowest BCUT2D eigenvalue weighted by Gasteiger charge is -2.34. The number of aryl methyl sites for hydroxylation is 1. The molecule has 6 heteroatoms. The fraction of sp³-hybridized carbons (Fsp3) is 0.786. The fourth-order valence-electron chi connectivity index (χ4n) is 3.21. The number of rotatable bonds is 7. The number of ether oxygens (including phenoxy) is 1. The van der Waals surface area contributed by atoms with Crippen LogP contribution in [0, 0.1) is 5.92 Å². The van der Waals surface area contributed by atoms with Crippen LogP contribution in [0.25, 0.3) is 0 Å². The Morgan fingerprint density at radius 3 is 3.10 bits per heavy atom. The van der Waals surface area contributed by atoms with Crippen LogP contribution in [0.2, 0.25) is 0 Å². The molecule has 0 spiro atoms. The van der Waals surface area contributed by atoms with Gasteiger partial charge in [0.2, 0.25) is 0 Å². The molecule has 0 aliphatic heterocycles. The Bertz CT molecular complexity index is 421. The zero-order chi connectivity index (χ0) is 14.4. The van der Waals surface area contributed by atoms with Crippen molar-refractivity contribution in [2.45, 2.75) is 51.1 Å². The van der Waals surface area contributed by atoms with Gasteiger partial charge in [-0.05, 0) is 38.1 Å². The summed E-state index contributed by atoms with van der Waals surface area (Å²) in [6, 6.07) is 0. The lowest BCUT2D eigenvalue weighted by atomic mass is 9.84. The molecule has 1 aromatic heterocycles. The number of esters is 1. The quantitative estimate of drug-likeness (QED) is 0.764. The van der Waals surface area contributed by atoms with E-state index in [2.05, 4.69) is 22.3 Å². The SMILES string of the molecule is CCCNC1(C(=O)OC)CCCC1CCn1cncn1. The Morgan fingerprint density at radius 2 is 2.45 bits per heavy atom. The molecule has 2 atom stereocenters. The number of hydrogen-bond acceptors (Lipinski definition) is 5. The number of nitrogens with zero attached hydrogens (tertiary/aromatic N) is 3. The third kappa shape index (κ3) is 3.00. The monoisotopic (exact) mass is 280 g/mol. The summed E-state index contributed by atoms with van der Waals surface area (Å²) in [6.45, 7) is 3.74. The van der Waals surface area contributed by atoms with Crippen LogP contribution in [-0.4, -0.2) is 39.9 Å². The molecule has 1 heterocycles. The van der Waals surface area contributed by atoms with Crippen molar-refractivity contribution >= 4 is 5.97 Å². The third-order valence-electron chi connectivity index (χ3n) is 4.23. The van der Waals surface area contributed by atoms with Crippen LogP contribution in [0.3, 0.4) is 0 Å². The summed E-state index contributed by atoms with van der Waals surface area (Å²) < 4.78 is 6.89. The molecule has 20 heavy (non-hydrogen) atoms. The lowest BCUT2D eigenvalue weighted by Crippen LogP contribution is -2.55. The van der Waals surface area contributed by atoms with Crippen molar-refractivity contribution in [3.8, 4) is 0 Å². The van der Waals surface area contributed by atoms with Crippen molar-refractivity contribution in [1.82, 2.24) is 20.1 Å². The zero-order valence-electron chi connectivity index (χ0n) is 12.3. The molecule has 0 amide bonds. The van der Waals surface area contributed by atoms with Crippen LogP contribution in [0.4, 0.5) is 0 Å². The molecular formula is C14H24N4O2. The molecule has 2 unspecified atom stereocenters. The minimum absolute atomic E-state index is 0.118. The molecule has 2 rings (SSSR count). The van der Waals surface area contributed by atoms with Crippen molar-refractivity contribution < 1.29 is 9.53 Å². The molecule has 1 fully saturated rings. The predicted octanol–water partition coefficient (Wildman–Crippen LogP) is 1.38. The maximum absolute atomic E-state index is 12.3. The highest BCUT2D eigenvalue weighted by Gasteiger charge is 2.49. The standard InChI is InChI=1S/C14H24N4O2/c1-3-8-16-14(13(19)20-2)7-4-5-12(14)6-9-18-11-15-10-17-18/h10-12,16H,3-9H2,1-2H3. The van der Waals surface area contributed by atoms with E-state index in [1.54, 1.807) is 6.33 Å². The normalized spacial score (nSPS) is 25.8. The van der Waals surface area contributed by atoms with E-state index in [1.165, 1.54) is 13.4 Å². The number of methoxy groups -OCH3 is 1. The molecule has 0 aromatic carbocycles. The zero-order valence-corrected chi connectivity index (χ0v) is 12.3. The molecule has 0 bridgehead atoms. The van der Waals surface area contributed by atoms with Gasteiger partial charge < -0.3 is 10.1 Å². The maximum Gasteiger partial charge on any atom is 0.326 e. The van der Waals surface area contributed by atoms with E-state index in [9.17, 15) is 4.79 Å². The first-order valence-electron chi connectivity index (χ1n) is 7.38. The van der Waals surface area contributed by atoms with Crippen molar-refractivity contribution in [2.75, 3.05) is 13.7 Å². The molecule has 1 aliphatic carbocycles. The molecule has 6 nitrogen and oxygen atoms in total. The second-order valence-corrected chi connectivity index (χ2v) is 5.43. The minimum atomic E-state index is -0.509. The second kappa shape index (κ2) is 6.83. The Hall–Kier alpha value is -1.43. The summed E-state index contributed by atoms with van der Waals surface area (Å²) in [7, 11) is 1.48. The van der Waals surface area contributed by atoms with Gasteiger partial charge in [-0.2, -0.15) is 5.10 Å². The summed E-state index contributed by atoms with van der Waals surface area (Å²) in [6.07, 6.45) is 8.16. The average molecular weight is 280 g/mol. The Kier molecular flexibility index (Phi) is 5.11. The molecular weight excluding hydrogens is 256 g/mol. The maximum atomic E-state index is 12.3. The summed E-state index contributed by atoms with van der Waals surface area (Å²) in [5.41, 5.74) is -0.509. The molecule has 1 saturated carbocycles. The first-order chi connectivity index (χ1) is 9.73. The largest absolute Gasteiger partial charge is 0.468 e. The van der Waals surface area contributed by atoms with Gasteiger partial charge in [-0.1, -0.05) is 13.3 Å². The van der Waals surface area contributed by atoms with Crippen molar-refractivity contribution in [1.29, 1.82) is 0 Å². The van der Waals surface area contributed by atoms with E-state index < -0.39 is 5.54 Å².